The molecule has 0 radical (unpaired) electrons. The van der Waals surface area contributed by atoms with Crippen molar-refractivity contribution < 1.29 is 14.3 Å². The van der Waals surface area contributed by atoms with Gasteiger partial charge in [0.05, 0.1) is 19.8 Å². The van der Waals surface area contributed by atoms with Crippen molar-refractivity contribution in [2.24, 2.45) is 10.9 Å². The molecule has 1 aliphatic rings. The summed E-state index contributed by atoms with van der Waals surface area (Å²) < 4.78 is 10.5. The minimum atomic E-state index is -0.487. The van der Waals surface area contributed by atoms with Gasteiger partial charge in [0.2, 0.25) is 0 Å². The van der Waals surface area contributed by atoms with Gasteiger partial charge in [0.1, 0.15) is 5.84 Å². The SMILES string of the molecule is CC.CC(C)/C(=N/C(=O)OCCCN(C)C)N1CCOCC1. The van der Waals surface area contributed by atoms with Crippen LogP contribution < -0.4 is 0 Å². The summed E-state index contributed by atoms with van der Waals surface area (Å²) in [5.74, 6) is 0.994. The van der Waals surface area contributed by atoms with Crippen molar-refractivity contribution in [1.82, 2.24) is 9.80 Å². The number of aliphatic imine (C=N–C) groups is 1. The zero-order valence-corrected chi connectivity index (χ0v) is 15.1. The van der Waals surface area contributed by atoms with E-state index in [0.29, 0.717) is 19.8 Å². The van der Waals surface area contributed by atoms with Crippen LogP contribution in [0.4, 0.5) is 4.79 Å². The maximum Gasteiger partial charge on any atom is 0.435 e. The predicted octanol–water partition coefficient (Wildman–Crippen LogP) is 2.49. The normalized spacial score (nSPS) is 15.6. The van der Waals surface area contributed by atoms with Crippen LogP contribution >= 0.6 is 0 Å². The number of amides is 1. The fraction of sp³-hybridized carbons (Fsp3) is 0.875. The molecule has 0 aromatic rings. The summed E-state index contributed by atoms with van der Waals surface area (Å²) >= 11 is 0. The first-order valence-corrected chi connectivity index (χ1v) is 8.23. The van der Waals surface area contributed by atoms with Crippen molar-refractivity contribution >= 4 is 11.9 Å². The van der Waals surface area contributed by atoms with Crippen LogP contribution in [-0.2, 0) is 9.47 Å². The number of morpholine rings is 1. The van der Waals surface area contributed by atoms with E-state index in [1.165, 1.54) is 0 Å². The first-order chi connectivity index (χ1) is 10.5. The lowest BCUT2D eigenvalue weighted by atomic mass is 10.1. The van der Waals surface area contributed by atoms with Gasteiger partial charge in [-0.05, 0) is 20.5 Å². The molecule has 1 saturated heterocycles. The van der Waals surface area contributed by atoms with Gasteiger partial charge in [0.15, 0.2) is 0 Å². The van der Waals surface area contributed by atoms with Gasteiger partial charge in [0, 0.05) is 25.6 Å². The second-order valence-corrected chi connectivity index (χ2v) is 5.50. The molecule has 0 N–H and O–H groups in total. The van der Waals surface area contributed by atoms with E-state index in [9.17, 15) is 4.79 Å². The maximum atomic E-state index is 11.8. The topological polar surface area (TPSA) is 54.4 Å². The highest BCUT2D eigenvalue weighted by Gasteiger charge is 2.19. The molecule has 1 amide bonds. The van der Waals surface area contributed by atoms with E-state index >= 15 is 0 Å². The molecule has 1 fully saturated rings. The lowest BCUT2D eigenvalue weighted by Crippen LogP contribution is -2.43. The molecule has 0 spiro atoms. The maximum absolute atomic E-state index is 11.8. The lowest BCUT2D eigenvalue weighted by molar-refractivity contribution is 0.0659. The van der Waals surface area contributed by atoms with Gasteiger partial charge < -0.3 is 19.3 Å². The molecule has 6 heteroatoms. The van der Waals surface area contributed by atoms with Crippen LogP contribution in [-0.4, -0.2) is 75.3 Å². The van der Waals surface area contributed by atoms with Crippen molar-refractivity contribution in [2.75, 3.05) is 53.6 Å². The first-order valence-electron chi connectivity index (χ1n) is 8.23. The third-order valence-corrected chi connectivity index (χ3v) is 3.03. The number of rotatable bonds is 5. The Morgan fingerprint density at radius 1 is 1.27 bits per heavy atom. The second-order valence-electron chi connectivity index (χ2n) is 5.50. The number of ether oxygens (including phenoxy) is 2. The summed E-state index contributed by atoms with van der Waals surface area (Å²) in [6.07, 6.45) is 0.335. The Hall–Kier alpha value is -1.14. The van der Waals surface area contributed by atoms with E-state index in [-0.39, 0.29) is 5.92 Å². The number of hydrogen-bond donors (Lipinski definition) is 0. The second kappa shape index (κ2) is 12.4. The van der Waals surface area contributed by atoms with Crippen molar-refractivity contribution in [3.8, 4) is 0 Å². The molecular formula is C16H33N3O3. The lowest BCUT2D eigenvalue weighted by Gasteiger charge is -2.31. The van der Waals surface area contributed by atoms with Gasteiger partial charge in [-0.3, -0.25) is 0 Å². The van der Waals surface area contributed by atoms with Crippen LogP contribution in [0, 0.1) is 5.92 Å². The monoisotopic (exact) mass is 315 g/mol. The number of hydrogen-bond acceptors (Lipinski definition) is 4. The molecule has 0 aromatic carbocycles. The van der Waals surface area contributed by atoms with Gasteiger partial charge in [-0.15, -0.1) is 0 Å². The van der Waals surface area contributed by atoms with Crippen molar-refractivity contribution in [1.29, 1.82) is 0 Å². The van der Waals surface area contributed by atoms with Gasteiger partial charge in [-0.25, -0.2) is 4.79 Å². The zero-order valence-electron chi connectivity index (χ0n) is 15.1. The van der Waals surface area contributed by atoms with Gasteiger partial charge in [0.25, 0.3) is 0 Å². The third kappa shape index (κ3) is 9.00. The largest absolute Gasteiger partial charge is 0.448 e. The van der Waals surface area contributed by atoms with Crippen LogP contribution in [0.2, 0.25) is 0 Å². The van der Waals surface area contributed by atoms with Crippen LogP contribution in [0.15, 0.2) is 4.99 Å². The molecule has 1 rings (SSSR count). The minimum Gasteiger partial charge on any atom is -0.448 e. The fourth-order valence-corrected chi connectivity index (χ4v) is 2.02. The molecule has 0 atom stereocenters. The summed E-state index contributed by atoms with van der Waals surface area (Å²) in [6.45, 7) is 12.3. The Bertz CT molecular complexity index is 325. The summed E-state index contributed by atoms with van der Waals surface area (Å²) in [4.78, 5) is 20.1. The predicted molar refractivity (Wildman–Crippen MR) is 90.5 cm³/mol. The Kier molecular flexibility index (Phi) is 11.8. The number of carbonyl (C=O) groups is 1. The summed E-state index contributed by atoms with van der Waals surface area (Å²) in [5, 5.41) is 0. The number of nitrogens with zero attached hydrogens (tertiary/aromatic N) is 3. The standard InChI is InChI=1S/C14H27N3O3.C2H6/c1-12(2)13(17-7-10-19-11-8-17)15-14(18)20-9-5-6-16(3)4;1-2/h12H,5-11H2,1-4H3;1-2H3/b15-13-;. The van der Waals surface area contributed by atoms with E-state index in [2.05, 4.69) is 14.8 Å². The summed E-state index contributed by atoms with van der Waals surface area (Å²) in [5.41, 5.74) is 0. The minimum absolute atomic E-state index is 0.197. The van der Waals surface area contributed by atoms with E-state index in [0.717, 1.165) is 31.9 Å². The van der Waals surface area contributed by atoms with Crippen LogP contribution in [0.25, 0.3) is 0 Å². The molecule has 22 heavy (non-hydrogen) atoms. The van der Waals surface area contributed by atoms with Gasteiger partial charge >= 0.3 is 6.09 Å². The van der Waals surface area contributed by atoms with Crippen LogP contribution in [0.1, 0.15) is 34.1 Å². The summed E-state index contributed by atoms with van der Waals surface area (Å²) in [7, 11) is 3.99. The average molecular weight is 315 g/mol. The van der Waals surface area contributed by atoms with Crippen molar-refractivity contribution in [3.05, 3.63) is 0 Å². The molecule has 0 aliphatic carbocycles. The van der Waals surface area contributed by atoms with Crippen LogP contribution in [0.3, 0.4) is 0 Å². The molecule has 0 unspecified atom stereocenters. The Labute approximate surface area is 135 Å². The molecule has 0 bridgehead atoms. The highest BCUT2D eigenvalue weighted by molar-refractivity contribution is 5.93. The van der Waals surface area contributed by atoms with Gasteiger partial charge in [-0.1, -0.05) is 27.7 Å². The molecule has 0 aromatic heterocycles. The fourth-order valence-electron chi connectivity index (χ4n) is 2.02. The molecule has 0 saturated carbocycles. The van der Waals surface area contributed by atoms with Crippen LogP contribution in [0.5, 0.6) is 0 Å². The Balaban J connectivity index is 0.00000211. The van der Waals surface area contributed by atoms with E-state index in [4.69, 9.17) is 9.47 Å². The highest BCUT2D eigenvalue weighted by atomic mass is 16.5. The first kappa shape index (κ1) is 20.9. The number of amidine groups is 1. The average Bonchev–Trinajstić information content (AvgIpc) is 2.51. The zero-order chi connectivity index (χ0) is 17.0. The third-order valence-electron chi connectivity index (χ3n) is 3.03. The molecule has 6 nitrogen and oxygen atoms in total. The van der Waals surface area contributed by atoms with E-state index in [1.807, 2.05) is 41.8 Å². The highest BCUT2D eigenvalue weighted by Crippen LogP contribution is 2.08. The molecular weight excluding hydrogens is 282 g/mol. The quantitative estimate of drug-likeness (QED) is 0.443. The Morgan fingerprint density at radius 3 is 2.36 bits per heavy atom. The van der Waals surface area contributed by atoms with E-state index < -0.39 is 6.09 Å². The van der Waals surface area contributed by atoms with Crippen molar-refractivity contribution in [2.45, 2.75) is 34.1 Å². The Morgan fingerprint density at radius 2 is 1.86 bits per heavy atom. The number of carbonyl (C=O) groups excluding carboxylic acids is 1. The van der Waals surface area contributed by atoms with E-state index in [1.54, 1.807) is 0 Å². The van der Waals surface area contributed by atoms with Crippen molar-refractivity contribution in [3.63, 3.8) is 0 Å². The summed E-state index contributed by atoms with van der Waals surface area (Å²) in [6, 6.07) is 0. The molecule has 1 heterocycles. The molecule has 130 valence electrons. The molecule has 1 aliphatic heterocycles. The van der Waals surface area contributed by atoms with Gasteiger partial charge in [-0.2, -0.15) is 4.99 Å². The smallest absolute Gasteiger partial charge is 0.435 e.